The average molecular weight is 882 g/mol. The second-order valence-corrected chi connectivity index (χ2v) is 17.7. The lowest BCUT2D eigenvalue weighted by Crippen LogP contribution is -2.51. The lowest BCUT2D eigenvalue weighted by molar-refractivity contribution is -0.136. The van der Waals surface area contributed by atoms with Gasteiger partial charge in [-0.05, 0) is 67.9 Å². The molecule has 6 heterocycles. The van der Waals surface area contributed by atoms with Crippen molar-refractivity contribution in [1.29, 1.82) is 0 Å². The van der Waals surface area contributed by atoms with Gasteiger partial charge in [-0.15, -0.1) is 0 Å². The number of carbonyl (C=O) groups is 4. The zero-order valence-corrected chi connectivity index (χ0v) is 37.5. The van der Waals surface area contributed by atoms with Gasteiger partial charge in [0.05, 0.1) is 61.3 Å². The first-order valence-corrected chi connectivity index (χ1v) is 22.4. The van der Waals surface area contributed by atoms with Crippen molar-refractivity contribution < 1.29 is 33.4 Å². The van der Waals surface area contributed by atoms with Crippen molar-refractivity contribution in [2.24, 2.45) is 11.8 Å². The predicted molar refractivity (Wildman–Crippen MR) is 243 cm³/mol. The van der Waals surface area contributed by atoms with Gasteiger partial charge in [-0.3, -0.25) is 9.59 Å². The number of aromatic nitrogens is 5. The highest BCUT2D eigenvalue weighted by molar-refractivity contribution is 5.93. The van der Waals surface area contributed by atoms with Gasteiger partial charge in [-0.1, -0.05) is 70.2 Å². The van der Waals surface area contributed by atoms with Crippen LogP contribution in [0.15, 0.2) is 85.2 Å². The summed E-state index contributed by atoms with van der Waals surface area (Å²) in [5, 5.41) is 6.46. The molecule has 2 fully saturated rings. The fourth-order valence-corrected chi connectivity index (χ4v) is 9.56. The van der Waals surface area contributed by atoms with E-state index in [0.29, 0.717) is 24.7 Å². The van der Waals surface area contributed by atoms with Crippen LogP contribution < -0.4 is 15.4 Å². The van der Waals surface area contributed by atoms with Crippen LogP contribution in [0.3, 0.4) is 0 Å². The average Bonchev–Trinajstić information content (AvgIpc) is 4.18. The van der Waals surface area contributed by atoms with E-state index < -0.39 is 30.5 Å². The Morgan fingerprint density at radius 2 is 1.25 bits per heavy atom. The molecule has 3 aromatic carbocycles. The number of methoxy groups -OCH3 is 2. The Morgan fingerprint density at radius 1 is 0.708 bits per heavy atom. The van der Waals surface area contributed by atoms with Gasteiger partial charge in [0.15, 0.2) is 0 Å². The molecule has 65 heavy (non-hydrogen) atoms. The number of H-pyrrole nitrogens is 2. The number of imidazole rings is 2. The van der Waals surface area contributed by atoms with E-state index in [2.05, 4.69) is 73.7 Å². The molecular weight excluding hydrogens is 827 g/mol. The second-order valence-electron chi connectivity index (χ2n) is 17.7. The topological polar surface area (TPSA) is 189 Å². The highest BCUT2D eigenvalue weighted by atomic mass is 16.5. The summed E-state index contributed by atoms with van der Waals surface area (Å²) >= 11 is 0. The molecule has 0 spiro atoms. The van der Waals surface area contributed by atoms with Gasteiger partial charge in [-0.2, -0.15) is 0 Å². The first kappa shape index (κ1) is 43.2. The number of alkyl carbamates (subject to hydrolysis) is 2. The highest BCUT2D eigenvalue weighted by Gasteiger charge is 2.39. The molecule has 6 aromatic rings. The number of amides is 4. The third-order valence-corrected chi connectivity index (χ3v) is 13.0. The fourth-order valence-electron chi connectivity index (χ4n) is 9.56. The van der Waals surface area contributed by atoms with Crippen LogP contribution in [-0.2, 0) is 19.1 Å². The SMILES string of the molecule is COC(=O)N[C@H](C(=O)N1CCCC1c1ncc(-c2ccc3c(c2)OC(c2ccccc2)n2c-3cc3cc(-c4cnc([C@@H]5CCCN5C(=O)[C@@H](NC(=O)OC)C(C)C)[nH]4)ccc32)[nH]1)C(C)C. The summed E-state index contributed by atoms with van der Waals surface area (Å²) in [5.41, 5.74) is 7.43. The number of ether oxygens (including phenoxy) is 3. The Morgan fingerprint density at radius 3 is 1.78 bits per heavy atom. The fraction of sp³-hybridized carbons (Fsp3) is 0.388. The molecule has 338 valence electrons. The lowest BCUT2D eigenvalue weighted by Gasteiger charge is -2.30. The van der Waals surface area contributed by atoms with E-state index in [-0.39, 0.29) is 35.7 Å². The summed E-state index contributed by atoms with van der Waals surface area (Å²) in [7, 11) is 2.58. The maximum absolute atomic E-state index is 13.8. The zero-order chi connectivity index (χ0) is 45.5. The molecule has 2 saturated heterocycles. The Balaban J connectivity index is 1.00. The van der Waals surface area contributed by atoms with Crippen molar-refractivity contribution in [3.05, 3.63) is 102 Å². The maximum atomic E-state index is 13.8. The molecule has 16 heteroatoms. The molecule has 4 amide bonds. The molecule has 3 aromatic heterocycles. The van der Waals surface area contributed by atoms with Crippen molar-refractivity contribution >= 4 is 34.9 Å². The number of rotatable bonds is 11. The smallest absolute Gasteiger partial charge is 0.407 e. The number of hydrogen-bond donors (Lipinski definition) is 4. The molecule has 16 nitrogen and oxygen atoms in total. The number of carbonyl (C=O) groups excluding carboxylic acids is 4. The van der Waals surface area contributed by atoms with E-state index >= 15 is 0 Å². The Kier molecular flexibility index (Phi) is 11.8. The van der Waals surface area contributed by atoms with E-state index in [0.717, 1.165) is 81.7 Å². The molecule has 3 aliphatic heterocycles. The van der Waals surface area contributed by atoms with E-state index in [1.807, 2.05) is 68.0 Å². The van der Waals surface area contributed by atoms with Gasteiger partial charge in [-0.25, -0.2) is 19.6 Å². The quantitative estimate of drug-likeness (QED) is 0.0997. The van der Waals surface area contributed by atoms with Crippen LogP contribution in [-0.4, -0.2) is 97.7 Å². The van der Waals surface area contributed by atoms with E-state index in [9.17, 15) is 19.2 Å². The molecule has 4 N–H and O–H groups in total. The van der Waals surface area contributed by atoms with E-state index in [1.54, 1.807) is 6.20 Å². The summed E-state index contributed by atoms with van der Waals surface area (Å²) in [5.74, 6) is 1.55. The van der Waals surface area contributed by atoms with Crippen LogP contribution in [0.1, 0.15) is 88.9 Å². The van der Waals surface area contributed by atoms with Crippen LogP contribution >= 0.6 is 0 Å². The van der Waals surface area contributed by atoms with Crippen LogP contribution in [0.25, 0.3) is 44.7 Å². The second kappa shape index (κ2) is 17.8. The van der Waals surface area contributed by atoms with Gasteiger partial charge < -0.3 is 49.2 Å². The zero-order valence-electron chi connectivity index (χ0n) is 37.5. The Labute approximate surface area is 377 Å². The first-order valence-electron chi connectivity index (χ1n) is 22.4. The molecule has 5 atom stereocenters. The number of nitrogens with zero attached hydrogens (tertiary/aromatic N) is 5. The maximum Gasteiger partial charge on any atom is 0.407 e. The molecule has 0 saturated carbocycles. The minimum Gasteiger partial charge on any atom is -0.465 e. The normalized spacial score (nSPS) is 18.9. The summed E-state index contributed by atoms with van der Waals surface area (Å²) in [4.78, 5) is 72.0. The molecule has 2 unspecified atom stereocenters. The predicted octanol–water partition coefficient (Wildman–Crippen LogP) is 8.12. The Hall–Kier alpha value is -7.10. The van der Waals surface area contributed by atoms with Gasteiger partial charge in [0.2, 0.25) is 18.0 Å². The van der Waals surface area contributed by atoms with Crippen LogP contribution in [0.5, 0.6) is 5.75 Å². The summed E-state index contributed by atoms with van der Waals surface area (Å²) < 4.78 is 18.8. The van der Waals surface area contributed by atoms with Gasteiger partial charge in [0.25, 0.3) is 0 Å². The van der Waals surface area contributed by atoms with E-state index in [1.165, 1.54) is 14.2 Å². The van der Waals surface area contributed by atoms with E-state index in [4.69, 9.17) is 24.2 Å². The monoisotopic (exact) mass is 881 g/mol. The molecule has 3 aliphatic rings. The number of aromatic amines is 2. The number of nitrogens with one attached hydrogen (secondary N) is 4. The van der Waals surface area contributed by atoms with Crippen LogP contribution in [0.2, 0.25) is 0 Å². The number of hydrogen-bond acceptors (Lipinski definition) is 9. The van der Waals surface area contributed by atoms with Crippen molar-refractivity contribution in [3.8, 4) is 39.5 Å². The molecular formula is C49H55N9O7. The third kappa shape index (κ3) is 8.17. The van der Waals surface area contributed by atoms with Crippen LogP contribution in [0, 0.1) is 11.8 Å². The van der Waals surface area contributed by atoms with Crippen molar-refractivity contribution in [3.63, 3.8) is 0 Å². The number of fused-ring (bicyclic) bond motifs is 5. The lowest BCUT2D eigenvalue weighted by atomic mass is 10.0. The minimum absolute atomic E-state index is 0.128. The van der Waals surface area contributed by atoms with Gasteiger partial charge in [0, 0.05) is 40.7 Å². The summed E-state index contributed by atoms with van der Waals surface area (Å²) in [6.45, 7) is 8.75. The third-order valence-electron chi connectivity index (χ3n) is 13.0. The van der Waals surface area contributed by atoms with Gasteiger partial charge >= 0.3 is 12.2 Å². The highest BCUT2D eigenvalue weighted by Crippen LogP contribution is 2.46. The molecule has 0 radical (unpaired) electrons. The van der Waals surface area contributed by atoms with Gasteiger partial charge in [0.1, 0.15) is 29.5 Å². The minimum atomic E-state index is -0.720. The molecule has 9 rings (SSSR count). The number of benzene rings is 3. The summed E-state index contributed by atoms with van der Waals surface area (Å²) in [6, 6.07) is 22.9. The standard InChI is InChI=1S/C49H55N9O7/c1-27(2)41(54-48(61)63-5)45(59)56-20-10-14-37(56)43-50-25-34(52-43)30-17-19-36-32(22-30)23-39-33-18-16-31(24-40(33)65-47(58(36)39)29-12-8-7-9-13-29)35-26-51-44(53-35)38-15-11-21-57(38)46(60)42(28(3)4)55-49(62)64-6/h7-9,12-13,16-19,22-28,37-38,41-42,47H,10-11,14-15,20-21H2,1-6H3,(H,50,52)(H,51,53)(H,54,61)(H,55,62)/t37-,38?,41-,42-,47?/m0/s1. The Bertz CT molecular complexity index is 2740. The molecule has 0 bridgehead atoms. The van der Waals surface area contributed by atoms with Crippen molar-refractivity contribution in [2.75, 3.05) is 27.3 Å². The van der Waals surface area contributed by atoms with Crippen LogP contribution in [0.4, 0.5) is 9.59 Å². The first-order chi connectivity index (χ1) is 31.4. The number of likely N-dealkylation sites (tertiary alicyclic amines) is 2. The largest absolute Gasteiger partial charge is 0.465 e. The molecule has 0 aliphatic carbocycles. The van der Waals surface area contributed by atoms with Crippen molar-refractivity contribution in [1.82, 2.24) is 44.9 Å². The summed E-state index contributed by atoms with van der Waals surface area (Å²) in [6.07, 6.45) is 5.05. The van der Waals surface area contributed by atoms with Crippen molar-refractivity contribution in [2.45, 2.75) is 83.8 Å².